The molecule has 0 bridgehead atoms. The summed E-state index contributed by atoms with van der Waals surface area (Å²) in [5.41, 5.74) is -1.02. The number of hydrogen-bond acceptors (Lipinski definition) is 8. The number of rotatable bonds is 9. The quantitative estimate of drug-likeness (QED) is 0.325. The molecule has 2 amide bonds. The predicted molar refractivity (Wildman–Crippen MR) is 160 cm³/mol. The molecule has 1 atom stereocenters. The summed E-state index contributed by atoms with van der Waals surface area (Å²) in [5.74, 6) is -1.59. The van der Waals surface area contributed by atoms with Gasteiger partial charge in [-0.1, -0.05) is 18.2 Å². The van der Waals surface area contributed by atoms with Gasteiger partial charge in [0.2, 0.25) is 17.8 Å². The molecule has 2 aromatic carbocycles. The Labute approximate surface area is 262 Å². The summed E-state index contributed by atoms with van der Waals surface area (Å²) in [6.45, 7) is 3.09. The third-order valence-corrected chi connectivity index (χ3v) is 7.74. The fourth-order valence-corrected chi connectivity index (χ4v) is 5.12. The number of fused-ring (bicyclic) bond motifs is 1. The number of hydrogen-bond donors (Lipinski definition) is 0. The number of nitriles is 1. The van der Waals surface area contributed by atoms with Crippen LogP contribution in [0.25, 0.3) is 0 Å². The number of methoxy groups -OCH3 is 1. The largest absolute Gasteiger partial charge is 0.466 e. The number of likely N-dealkylation sites (N-methyl/N-ethyl adjacent to an activating group) is 1. The Morgan fingerprint density at radius 1 is 1.07 bits per heavy atom. The number of carbonyl (C=O) groups excluding carboxylic acids is 3. The van der Waals surface area contributed by atoms with Crippen LogP contribution in [0, 0.1) is 11.3 Å². The molecule has 3 aromatic rings. The van der Waals surface area contributed by atoms with E-state index < -0.39 is 41.9 Å². The highest BCUT2D eigenvalue weighted by Gasteiger charge is 2.41. The van der Waals surface area contributed by atoms with E-state index in [9.17, 15) is 37.6 Å². The fraction of sp³-hybridized carbons (Fsp3) is 0.355. The lowest BCUT2D eigenvalue weighted by molar-refractivity contribution is -0.138. The molecule has 46 heavy (non-hydrogen) atoms. The standard InChI is InChI=1S/C31H32F3N7O5/c1-19-26(28(44)46-5)27(22-12-10-21(17-35)11-13-22)41-29(40(19)24-9-6-8-23(16-24)31(32,33)34)36-39(30(41)45)18-25(43)38(4)15-7-14-37(3)20(2)42/h6,8-13,16,27H,7,14-15,18H2,1-5H3. The number of esters is 1. The molecule has 1 aliphatic rings. The van der Waals surface area contributed by atoms with Crippen molar-refractivity contribution in [2.45, 2.75) is 39.0 Å². The summed E-state index contributed by atoms with van der Waals surface area (Å²) in [4.78, 5) is 56.1. The monoisotopic (exact) mass is 639 g/mol. The molecule has 0 saturated heterocycles. The van der Waals surface area contributed by atoms with Gasteiger partial charge in [0.1, 0.15) is 12.6 Å². The third-order valence-electron chi connectivity index (χ3n) is 7.74. The lowest BCUT2D eigenvalue weighted by Gasteiger charge is -2.35. The molecule has 0 radical (unpaired) electrons. The van der Waals surface area contributed by atoms with E-state index in [1.54, 1.807) is 19.2 Å². The number of allylic oxidation sites excluding steroid dienone is 1. The predicted octanol–water partition coefficient (Wildman–Crippen LogP) is 3.45. The van der Waals surface area contributed by atoms with Crippen molar-refractivity contribution in [2.24, 2.45) is 0 Å². The molecule has 2 heterocycles. The number of carbonyl (C=O) groups is 3. The summed E-state index contributed by atoms with van der Waals surface area (Å²) in [6.07, 6.45) is -4.21. The van der Waals surface area contributed by atoms with E-state index in [0.717, 1.165) is 28.5 Å². The van der Waals surface area contributed by atoms with E-state index in [1.165, 1.54) is 59.9 Å². The first kappa shape index (κ1) is 33.5. The second-order valence-corrected chi connectivity index (χ2v) is 10.7. The zero-order valence-electron chi connectivity index (χ0n) is 25.8. The van der Waals surface area contributed by atoms with Crippen molar-refractivity contribution in [3.63, 3.8) is 0 Å². The van der Waals surface area contributed by atoms with Crippen LogP contribution in [0.3, 0.4) is 0 Å². The third kappa shape index (κ3) is 6.65. The number of ether oxygens (including phenoxy) is 1. The molecule has 12 nitrogen and oxygen atoms in total. The minimum atomic E-state index is -4.69. The number of anilines is 2. The van der Waals surface area contributed by atoms with E-state index in [1.807, 2.05) is 6.07 Å². The number of halogens is 3. The highest BCUT2D eigenvalue weighted by molar-refractivity contribution is 5.93. The summed E-state index contributed by atoms with van der Waals surface area (Å²) in [6, 6.07) is 11.2. The molecule has 0 spiro atoms. The first-order valence-electron chi connectivity index (χ1n) is 14.1. The Hall–Kier alpha value is -5.39. The average Bonchev–Trinajstić information content (AvgIpc) is 3.33. The van der Waals surface area contributed by atoms with Crippen molar-refractivity contribution in [2.75, 3.05) is 39.2 Å². The van der Waals surface area contributed by atoms with Crippen molar-refractivity contribution in [3.05, 3.63) is 87.0 Å². The SMILES string of the molecule is COC(=O)C1=C(C)N(c2cccc(C(F)(F)F)c2)c2nn(CC(=O)N(C)CCCN(C)C(C)=O)c(=O)n2C1c1ccc(C#N)cc1. The second-order valence-electron chi connectivity index (χ2n) is 10.7. The Morgan fingerprint density at radius 2 is 1.72 bits per heavy atom. The van der Waals surface area contributed by atoms with Crippen LogP contribution >= 0.6 is 0 Å². The van der Waals surface area contributed by atoms with E-state index in [4.69, 9.17) is 4.74 Å². The molecule has 0 saturated carbocycles. The average molecular weight is 640 g/mol. The molecule has 0 aliphatic carbocycles. The summed E-state index contributed by atoms with van der Waals surface area (Å²) < 4.78 is 48.3. The van der Waals surface area contributed by atoms with Gasteiger partial charge in [0, 0.05) is 45.5 Å². The molecule has 1 aromatic heterocycles. The normalized spacial score (nSPS) is 14.4. The van der Waals surface area contributed by atoms with Crippen LogP contribution in [0.4, 0.5) is 24.8 Å². The maximum Gasteiger partial charge on any atom is 0.416 e. The van der Waals surface area contributed by atoms with Crippen LogP contribution in [-0.2, 0) is 31.8 Å². The van der Waals surface area contributed by atoms with Gasteiger partial charge in [0.25, 0.3) is 0 Å². The van der Waals surface area contributed by atoms with Gasteiger partial charge < -0.3 is 14.5 Å². The summed E-state index contributed by atoms with van der Waals surface area (Å²) in [5, 5.41) is 13.7. The smallest absolute Gasteiger partial charge is 0.416 e. The molecule has 242 valence electrons. The maximum absolute atomic E-state index is 14.0. The van der Waals surface area contributed by atoms with Crippen molar-refractivity contribution < 1.29 is 32.3 Å². The summed E-state index contributed by atoms with van der Waals surface area (Å²) >= 11 is 0. The first-order valence-corrected chi connectivity index (χ1v) is 14.1. The lowest BCUT2D eigenvalue weighted by atomic mass is 9.93. The van der Waals surface area contributed by atoms with Crippen LogP contribution in [0.15, 0.2) is 64.6 Å². The van der Waals surface area contributed by atoms with Gasteiger partial charge in [-0.15, -0.1) is 5.10 Å². The zero-order chi connectivity index (χ0) is 33.9. The van der Waals surface area contributed by atoms with Crippen LogP contribution < -0.4 is 10.6 Å². The van der Waals surface area contributed by atoms with Gasteiger partial charge in [-0.05, 0) is 49.2 Å². The van der Waals surface area contributed by atoms with E-state index in [-0.39, 0.29) is 35.4 Å². The zero-order valence-corrected chi connectivity index (χ0v) is 25.8. The van der Waals surface area contributed by atoms with E-state index >= 15 is 0 Å². The van der Waals surface area contributed by atoms with Gasteiger partial charge >= 0.3 is 17.8 Å². The van der Waals surface area contributed by atoms with Gasteiger partial charge in [-0.25, -0.2) is 18.8 Å². The Bertz CT molecular complexity index is 1790. The van der Waals surface area contributed by atoms with E-state index in [0.29, 0.717) is 24.1 Å². The number of benzene rings is 2. The van der Waals surface area contributed by atoms with Gasteiger partial charge in [0.05, 0.1) is 29.9 Å². The number of alkyl halides is 3. The molecule has 4 rings (SSSR count). The van der Waals surface area contributed by atoms with Crippen LogP contribution in [0.5, 0.6) is 0 Å². The van der Waals surface area contributed by atoms with Gasteiger partial charge in [0.15, 0.2) is 0 Å². The molecule has 0 fully saturated rings. The van der Waals surface area contributed by atoms with E-state index in [2.05, 4.69) is 5.10 Å². The highest BCUT2D eigenvalue weighted by Crippen LogP contribution is 2.43. The molecular weight excluding hydrogens is 607 g/mol. The second kappa shape index (κ2) is 13.3. The van der Waals surface area contributed by atoms with Gasteiger partial charge in [-0.2, -0.15) is 18.4 Å². The molecular formula is C31H32F3N7O5. The van der Waals surface area contributed by atoms with Gasteiger partial charge in [-0.3, -0.25) is 14.5 Å². The maximum atomic E-state index is 14.0. The van der Waals surface area contributed by atoms with Crippen molar-refractivity contribution >= 4 is 29.4 Å². The molecule has 0 N–H and O–H groups in total. The molecule has 15 heteroatoms. The minimum Gasteiger partial charge on any atom is -0.466 e. The van der Waals surface area contributed by atoms with Crippen LogP contribution in [0.1, 0.15) is 43.0 Å². The molecule has 1 aliphatic heterocycles. The van der Waals surface area contributed by atoms with Crippen LogP contribution in [-0.4, -0.2) is 76.2 Å². The minimum absolute atomic E-state index is 0.0385. The number of amides is 2. The number of aromatic nitrogens is 3. The lowest BCUT2D eigenvalue weighted by Crippen LogP contribution is -2.40. The van der Waals surface area contributed by atoms with Crippen molar-refractivity contribution in [1.29, 1.82) is 5.26 Å². The summed E-state index contributed by atoms with van der Waals surface area (Å²) in [7, 11) is 4.31. The molecule has 1 unspecified atom stereocenters. The Balaban J connectivity index is 1.86. The first-order chi connectivity index (χ1) is 21.7. The van der Waals surface area contributed by atoms with Crippen molar-refractivity contribution in [1.82, 2.24) is 24.1 Å². The topological polar surface area (TPSA) is 134 Å². The Morgan fingerprint density at radius 3 is 2.30 bits per heavy atom. The van der Waals surface area contributed by atoms with Crippen molar-refractivity contribution in [3.8, 4) is 6.07 Å². The highest BCUT2D eigenvalue weighted by atomic mass is 19.4. The number of nitrogens with zero attached hydrogens (tertiary/aromatic N) is 7. The Kier molecular flexibility index (Phi) is 9.69. The fourth-order valence-electron chi connectivity index (χ4n) is 5.12. The van der Waals surface area contributed by atoms with Crippen LogP contribution in [0.2, 0.25) is 0 Å².